The van der Waals surface area contributed by atoms with E-state index in [1.165, 1.54) is 0 Å². The smallest absolute Gasteiger partial charge is 0.242 e. The van der Waals surface area contributed by atoms with Crippen LogP contribution in [0.3, 0.4) is 0 Å². The van der Waals surface area contributed by atoms with Gasteiger partial charge in [-0.2, -0.15) is 5.06 Å². The van der Waals surface area contributed by atoms with Crippen LogP contribution in [0.2, 0.25) is 0 Å². The van der Waals surface area contributed by atoms with E-state index in [4.69, 9.17) is 9.57 Å². The van der Waals surface area contributed by atoms with Gasteiger partial charge in [0, 0.05) is 26.1 Å². The Kier molecular flexibility index (Phi) is 4.42. The van der Waals surface area contributed by atoms with Crippen LogP contribution in [0.4, 0.5) is 0 Å². The normalized spacial score (nSPS) is 23.6. The fourth-order valence-electron chi connectivity index (χ4n) is 3.55. The summed E-state index contributed by atoms with van der Waals surface area (Å²) in [5, 5.41) is 1.86. The van der Waals surface area contributed by atoms with Gasteiger partial charge in [0.15, 0.2) is 0 Å². The number of hydrogen-bond donors (Lipinski definition) is 0. The van der Waals surface area contributed by atoms with Gasteiger partial charge < -0.3 is 9.64 Å². The zero-order valence-corrected chi connectivity index (χ0v) is 14.3. The number of rotatable bonds is 4. The van der Waals surface area contributed by atoms with E-state index >= 15 is 0 Å². The van der Waals surface area contributed by atoms with Gasteiger partial charge in [-0.05, 0) is 23.3 Å². The van der Waals surface area contributed by atoms with Crippen LogP contribution in [0, 0.1) is 0 Å². The van der Waals surface area contributed by atoms with Crippen molar-refractivity contribution in [3.05, 3.63) is 65.7 Å². The Hall–Kier alpha value is -2.37. The van der Waals surface area contributed by atoms with Gasteiger partial charge in [-0.1, -0.05) is 42.5 Å². The van der Waals surface area contributed by atoms with Gasteiger partial charge in [0.05, 0.1) is 7.11 Å². The first-order valence-electron chi connectivity index (χ1n) is 8.64. The van der Waals surface area contributed by atoms with Crippen LogP contribution in [0.1, 0.15) is 23.7 Å². The van der Waals surface area contributed by atoms with Crippen LogP contribution in [0.15, 0.2) is 54.6 Å². The van der Waals surface area contributed by atoms with Crippen LogP contribution in [-0.4, -0.2) is 42.1 Å². The van der Waals surface area contributed by atoms with Gasteiger partial charge in [-0.25, -0.2) is 0 Å². The Labute approximate surface area is 147 Å². The molecule has 2 aliphatic rings. The van der Waals surface area contributed by atoms with Crippen molar-refractivity contribution < 1.29 is 14.4 Å². The van der Waals surface area contributed by atoms with Gasteiger partial charge in [-0.15, -0.1) is 0 Å². The Bertz CT molecular complexity index is 732. The Morgan fingerprint density at radius 2 is 1.84 bits per heavy atom. The Morgan fingerprint density at radius 3 is 2.56 bits per heavy atom. The first-order chi connectivity index (χ1) is 12.2. The third-order valence-electron chi connectivity index (χ3n) is 4.94. The fraction of sp³-hybridized carbons (Fsp3) is 0.350. The summed E-state index contributed by atoms with van der Waals surface area (Å²) in [5.74, 6) is 0.982. The highest BCUT2D eigenvalue weighted by atomic mass is 16.7. The molecule has 130 valence electrons. The summed E-state index contributed by atoms with van der Waals surface area (Å²) in [6.07, 6.45) is 0.618. The maximum Gasteiger partial charge on any atom is 0.242 e. The monoisotopic (exact) mass is 338 g/mol. The maximum atomic E-state index is 12.9. The molecule has 2 heterocycles. The molecule has 0 aromatic heterocycles. The summed E-state index contributed by atoms with van der Waals surface area (Å²) < 4.78 is 5.20. The molecule has 25 heavy (non-hydrogen) atoms. The zero-order valence-electron chi connectivity index (χ0n) is 14.3. The molecule has 2 aromatic carbocycles. The third kappa shape index (κ3) is 3.25. The second-order valence-corrected chi connectivity index (χ2v) is 6.50. The molecule has 0 unspecified atom stereocenters. The quantitative estimate of drug-likeness (QED) is 0.860. The summed E-state index contributed by atoms with van der Waals surface area (Å²) in [4.78, 5) is 20.9. The standard InChI is InChI=1S/C20H22N2O3/c1-24-17-9-7-16(8-10-17)19-13-18-20(23)21(11-12-22(18)25-19)14-15-5-3-2-4-6-15/h2-10,18-19H,11-14H2,1H3/t18-,19-/m0/s1. The Balaban J connectivity index is 1.44. The number of methoxy groups -OCH3 is 1. The molecule has 0 saturated carbocycles. The molecule has 2 saturated heterocycles. The molecular weight excluding hydrogens is 316 g/mol. The maximum absolute atomic E-state index is 12.9. The average molecular weight is 338 g/mol. The van der Waals surface area contributed by atoms with E-state index in [1.807, 2.05) is 52.4 Å². The molecule has 0 N–H and O–H groups in total. The molecule has 2 aliphatic heterocycles. The molecule has 5 heteroatoms. The molecule has 0 bridgehead atoms. The number of benzene rings is 2. The second-order valence-electron chi connectivity index (χ2n) is 6.50. The number of hydrogen-bond acceptors (Lipinski definition) is 4. The summed E-state index contributed by atoms with van der Waals surface area (Å²) >= 11 is 0. The highest BCUT2D eigenvalue weighted by Crippen LogP contribution is 2.36. The van der Waals surface area contributed by atoms with Crippen LogP contribution in [-0.2, 0) is 16.2 Å². The largest absolute Gasteiger partial charge is 0.497 e. The number of hydroxylamine groups is 2. The predicted octanol–water partition coefficient (Wildman–Crippen LogP) is 2.78. The van der Waals surface area contributed by atoms with Crippen LogP contribution in [0.25, 0.3) is 0 Å². The first-order valence-corrected chi connectivity index (χ1v) is 8.64. The molecule has 2 aromatic rings. The minimum absolute atomic E-state index is 0.0727. The second kappa shape index (κ2) is 6.86. The van der Waals surface area contributed by atoms with E-state index in [-0.39, 0.29) is 18.1 Å². The molecule has 4 rings (SSSR count). The van der Waals surface area contributed by atoms with Crippen molar-refractivity contribution in [2.24, 2.45) is 0 Å². The van der Waals surface area contributed by atoms with E-state index in [9.17, 15) is 4.79 Å². The number of ether oxygens (including phenoxy) is 1. The third-order valence-corrected chi connectivity index (χ3v) is 4.94. The number of nitrogens with zero attached hydrogens (tertiary/aromatic N) is 2. The van der Waals surface area contributed by atoms with Crippen LogP contribution in [0.5, 0.6) is 5.75 Å². The molecule has 0 aliphatic carbocycles. The van der Waals surface area contributed by atoms with Crippen molar-refractivity contribution in [1.82, 2.24) is 9.96 Å². The van der Waals surface area contributed by atoms with Gasteiger partial charge in [0.1, 0.15) is 17.9 Å². The van der Waals surface area contributed by atoms with E-state index in [0.29, 0.717) is 19.5 Å². The van der Waals surface area contributed by atoms with Gasteiger partial charge in [0.25, 0.3) is 0 Å². The highest BCUT2D eigenvalue weighted by molar-refractivity contribution is 5.82. The number of carbonyl (C=O) groups excluding carboxylic acids is 1. The lowest BCUT2D eigenvalue weighted by atomic mass is 10.0. The number of carbonyl (C=O) groups is 1. The van der Waals surface area contributed by atoms with Crippen molar-refractivity contribution in [3.63, 3.8) is 0 Å². The van der Waals surface area contributed by atoms with Gasteiger partial charge >= 0.3 is 0 Å². The first kappa shape index (κ1) is 16.1. The molecule has 2 atom stereocenters. The molecule has 1 amide bonds. The summed E-state index contributed by atoms with van der Waals surface area (Å²) in [6, 6.07) is 17.8. The topological polar surface area (TPSA) is 42.0 Å². The number of fused-ring (bicyclic) bond motifs is 1. The summed E-state index contributed by atoms with van der Waals surface area (Å²) in [5.41, 5.74) is 2.24. The lowest BCUT2D eigenvalue weighted by molar-refractivity contribution is -0.190. The zero-order chi connectivity index (χ0) is 17.2. The van der Waals surface area contributed by atoms with Crippen molar-refractivity contribution in [2.75, 3.05) is 20.2 Å². The molecule has 2 fully saturated rings. The van der Waals surface area contributed by atoms with Gasteiger partial charge in [-0.3, -0.25) is 9.63 Å². The fourth-order valence-corrected chi connectivity index (χ4v) is 3.55. The van der Waals surface area contributed by atoms with Crippen molar-refractivity contribution in [3.8, 4) is 5.75 Å². The minimum atomic E-state index is -0.190. The van der Waals surface area contributed by atoms with Crippen LogP contribution < -0.4 is 4.74 Å². The molecule has 5 nitrogen and oxygen atoms in total. The molecule has 0 spiro atoms. The average Bonchev–Trinajstić information content (AvgIpc) is 3.10. The van der Waals surface area contributed by atoms with E-state index in [2.05, 4.69) is 12.1 Å². The van der Waals surface area contributed by atoms with E-state index in [0.717, 1.165) is 23.4 Å². The van der Waals surface area contributed by atoms with E-state index in [1.54, 1.807) is 7.11 Å². The SMILES string of the molecule is COc1ccc([C@@H]2C[C@H]3C(=O)N(Cc4ccccc4)CCN3O2)cc1. The number of amides is 1. The van der Waals surface area contributed by atoms with E-state index < -0.39 is 0 Å². The summed E-state index contributed by atoms with van der Waals surface area (Å²) in [7, 11) is 1.65. The highest BCUT2D eigenvalue weighted by Gasteiger charge is 2.43. The van der Waals surface area contributed by atoms with Gasteiger partial charge in [0.2, 0.25) is 5.91 Å². The number of piperazine rings is 1. The minimum Gasteiger partial charge on any atom is -0.497 e. The van der Waals surface area contributed by atoms with Crippen molar-refractivity contribution in [1.29, 1.82) is 0 Å². The summed E-state index contributed by atoms with van der Waals surface area (Å²) in [6.45, 7) is 2.10. The molecular formula is C20H22N2O3. The lowest BCUT2D eigenvalue weighted by Crippen LogP contribution is -2.53. The predicted molar refractivity (Wildman–Crippen MR) is 93.8 cm³/mol. The molecule has 0 radical (unpaired) electrons. The lowest BCUT2D eigenvalue weighted by Gasteiger charge is -2.35. The van der Waals surface area contributed by atoms with Crippen molar-refractivity contribution >= 4 is 5.91 Å². The van der Waals surface area contributed by atoms with Crippen molar-refractivity contribution in [2.45, 2.75) is 25.1 Å². The van der Waals surface area contributed by atoms with Crippen LogP contribution >= 0.6 is 0 Å². The Morgan fingerprint density at radius 1 is 1.08 bits per heavy atom.